The first-order valence-electron chi connectivity index (χ1n) is 5.09. The predicted molar refractivity (Wildman–Crippen MR) is 69.8 cm³/mol. The monoisotopic (exact) mass is 256 g/mol. The van der Waals surface area contributed by atoms with Gasteiger partial charge in [-0.15, -0.1) is 12.4 Å². The summed E-state index contributed by atoms with van der Waals surface area (Å²) in [7, 11) is 0. The molecule has 0 saturated carbocycles. The number of hydrogen-bond acceptors (Lipinski definition) is 4. The van der Waals surface area contributed by atoms with Crippen LogP contribution in [0.15, 0.2) is 29.5 Å². The number of esters is 1. The molecule has 0 N–H and O–H groups in total. The highest BCUT2D eigenvalue weighted by atomic mass is 35.5. The van der Waals surface area contributed by atoms with E-state index in [1.54, 1.807) is 18.6 Å². The lowest BCUT2D eigenvalue weighted by molar-refractivity contribution is -0.152. The van der Waals surface area contributed by atoms with Gasteiger partial charge in [0.1, 0.15) is 12.1 Å². The zero-order valence-corrected chi connectivity index (χ0v) is 11.0. The molecule has 0 aliphatic heterocycles. The lowest BCUT2D eigenvalue weighted by Gasteiger charge is -2.18. The summed E-state index contributed by atoms with van der Waals surface area (Å²) < 4.78 is 5.11. The number of pyridine rings is 1. The van der Waals surface area contributed by atoms with Crippen molar-refractivity contribution >= 4 is 24.6 Å². The molecule has 1 aromatic heterocycles. The van der Waals surface area contributed by atoms with Crippen LogP contribution in [0.1, 0.15) is 26.3 Å². The number of aliphatic imine (C=N–C) groups is 1. The van der Waals surface area contributed by atoms with Crippen molar-refractivity contribution in [1.82, 2.24) is 4.98 Å². The van der Waals surface area contributed by atoms with Gasteiger partial charge in [-0.3, -0.25) is 14.8 Å². The van der Waals surface area contributed by atoms with E-state index < -0.39 is 5.60 Å². The van der Waals surface area contributed by atoms with Crippen molar-refractivity contribution in [3.05, 3.63) is 30.1 Å². The third kappa shape index (κ3) is 7.47. The van der Waals surface area contributed by atoms with Crippen molar-refractivity contribution in [2.24, 2.45) is 4.99 Å². The number of carbonyl (C=O) groups is 1. The molecule has 0 aliphatic carbocycles. The van der Waals surface area contributed by atoms with Gasteiger partial charge in [0.15, 0.2) is 0 Å². The molecule has 0 spiro atoms. The average molecular weight is 257 g/mol. The maximum atomic E-state index is 11.3. The van der Waals surface area contributed by atoms with Crippen LogP contribution < -0.4 is 0 Å². The Balaban J connectivity index is 0.00000256. The Kier molecular flexibility index (Phi) is 6.43. The number of rotatable bonds is 3. The Hall–Kier alpha value is -1.42. The van der Waals surface area contributed by atoms with Crippen LogP contribution in [0.4, 0.5) is 0 Å². The number of hydrogen-bond donors (Lipinski definition) is 0. The van der Waals surface area contributed by atoms with Gasteiger partial charge < -0.3 is 4.74 Å². The average Bonchev–Trinajstić information content (AvgIpc) is 2.16. The molecule has 0 saturated heterocycles. The second-order valence-corrected chi connectivity index (χ2v) is 4.34. The van der Waals surface area contributed by atoms with Gasteiger partial charge in [0.25, 0.3) is 0 Å². The molecule has 0 fully saturated rings. The topological polar surface area (TPSA) is 51.5 Å². The van der Waals surface area contributed by atoms with E-state index in [2.05, 4.69) is 9.98 Å². The largest absolute Gasteiger partial charge is 0.459 e. The molecule has 0 aliphatic rings. The van der Waals surface area contributed by atoms with E-state index in [4.69, 9.17) is 4.74 Å². The minimum Gasteiger partial charge on any atom is -0.459 e. The van der Waals surface area contributed by atoms with Gasteiger partial charge in [-0.1, -0.05) is 6.07 Å². The van der Waals surface area contributed by atoms with Crippen LogP contribution in [0, 0.1) is 0 Å². The molecule has 4 nitrogen and oxygen atoms in total. The van der Waals surface area contributed by atoms with Crippen LogP contribution >= 0.6 is 12.4 Å². The Morgan fingerprint density at radius 2 is 2.24 bits per heavy atom. The van der Waals surface area contributed by atoms with E-state index in [-0.39, 0.29) is 24.9 Å². The van der Waals surface area contributed by atoms with Crippen LogP contribution in [-0.4, -0.2) is 29.3 Å². The minimum atomic E-state index is -0.457. The van der Waals surface area contributed by atoms with Crippen molar-refractivity contribution in [2.45, 2.75) is 26.4 Å². The van der Waals surface area contributed by atoms with Crippen LogP contribution in [0.5, 0.6) is 0 Å². The summed E-state index contributed by atoms with van der Waals surface area (Å²) in [5.41, 5.74) is 0.409. The smallest absolute Gasteiger partial charge is 0.328 e. The van der Waals surface area contributed by atoms with Crippen LogP contribution in [0.2, 0.25) is 0 Å². The Labute approximate surface area is 108 Å². The summed E-state index contributed by atoms with van der Waals surface area (Å²) in [6.07, 6.45) is 4.97. The van der Waals surface area contributed by atoms with Gasteiger partial charge in [0, 0.05) is 24.2 Å². The summed E-state index contributed by atoms with van der Waals surface area (Å²) in [5.74, 6) is -0.326. The second kappa shape index (κ2) is 7.01. The van der Waals surface area contributed by atoms with Crippen molar-refractivity contribution in [3.63, 3.8) is 0 Å². The Morgan fingerprint density at radius 1 is 1.53 bits per heavy atom. The number of aromatic nitrogens is 1. The van der Waals surface area contributed by atoms with Crippen LogP contribution in [0.25, 0.3) is 0 Å². The molecule has 1 aromatic rings. The molecule has 0 unspecified atom stereocenters. The van der Waals surface area contributed by atoms with E-state index >= 15 is 0 Å². The molecule has 94 valence electrons. The highest BCUT2D eigenvalue weighted by Gasteiger charge is 2.15. The zero-order chi connectivity index (χ0) is 12.0. The minimum absolute atomic E-state index is 0. The van der Waals surface area contributed by atoms with E-state index in [0.29, 0.717) is 0 Å². The molecule has 5 heteroatoms. The first-order valence-corrected chi connectivity index (χ1v) is 5.09. The molecule has 1 rings (SSSR count). The van der Waals surface area contributed by atoms with E-state index in [1.807, 2.05) is 32.9 Å². The van der Waals surface area contributed by atoms with Gasteiger partial charge in [0.2, 0.25) is 0 Å². The number of carbonyl (C=O) groups excluding carboxylic acids is 1. The number of ether oxygens (including phenoxy) is 1. The van der Waals surface area contributed by atoms with Gasteiger partial charge in [-0.2, -0.15) is 0 Å². The van der Waals surface area contributed by atoms with Crippen molar-refractivity contribution in [2.75, 3.05) is 6.54 Å². The summed E-state index contributed by atoms with van der Waals surface area (Å²) >= 11 is 0. The Bertz CT molecular complexity index is 372. The van der Waals surface area contributed by atoms with E-state index in [0.717, 1.165) is 5.56 Å². The second-order valence-electron chi connectivity index (χ2n) is 4.34. The molecule has 0 amide bonds. The standard InChI is InChI=1S/C12H16N2O2.ClH/c1-12(2,3)16-11(15)9-14-8-10-5-4-6-13-7-10;/h4-8H,9H2,1-3H3;1H/b14-8-;. The quantitative estimate of drug-likeness (QED) is 0.616. The third-order valence-corrected chi connectivity index (χ3v) is 1.57. The van der Waals surface area contributed by atoms with Crippen molar-refractivity contribution in [3.8, 4) is 0 Å². The fourth-order valence-electron chi connectivity index (χ4n) is 1.05. The van der Waals surface area contributed by atoms with Crippen LogP contribution in [-0.2, 0) is 9.53 Å². The molecule has 0 bridgehead atoms. The van der Waals surface area contributed by atoms with Crippen molar-refractivity contribution < 1.29 is 9.53 Å². The molecule has 17 heavy (non-hydrogen) atoms. The lowest BCUT2D eigenvalue weighted by Crippen LogP contribution is -2.25. The highest BCUT2D eigenvalue weighted by molar-refractivity contribution is 5.85. The maximum absolute atomic E-state index is 11.3. The predicted octanol–water partition coefficient (Wildman–Crippen LogP) is 2.26. The normalized spacial score (nSPS) is 11.0. The zero-order valence-electron chi connectivity index (χ0n) is 10.2. The molecular formula is C12H17ClN2O2. The van der Waals surface area contributed by atoms with Crippen LogP contribution in [0.3, 0.4) is 0 Å². The lowest BCUT2D eigenvalue weighted by atomic mass is 10.2. The fourth-order valence-corrected chi connectivity index (χ4v) is 1.05. The first kappa shape index (κ1) is 15.6. The van der Waals surface area contributed by atoms with Crippen molar-refractivity contribution in [1.29, 1.82) is 0 Å². The molecule has 1 heterocycles. The van der Waals surface area contributed by atoms with Gasteiger partial charge in [0.05, 0.1) is 0 Å². The Morgan fingerprint density at radius 3 is 2.76 bits per heavy atom. The summed E-state index contributed by atoms with van der Waals surface area (Å²) in [4.78, 5) is 19.2. The number of nitrogens with zero attached hydrogens (tertiary/aromatic N) is 2. The maximum Gasteiger partial charge on any atom is 0.328 e. The fraction of sp³-hybridized carbons (Fsp3) is 0.417. The van der Waals surface area contributed by atoms with Gasteiger partial charge in [-0.25, -0.2) is 0 Å². The molecule has 0 atom stereocenters. The van der Waals surface area contributed by atoms with E-state index in [9.17, 15) is 4.79 Å². The van der Waals surface area contributed by atoms with Gasteiger partial charge >= 0.3 is 5.97 Å². The van der Waals surface area contributed by atoms with Gasteiger partial charge in [-0.05, 0) is 26.8 Å². The molecule has 0 aromatic carbocycles. The molecule has 0 radical (unpaired) electrons. The summed E-state index contributed by atoms with van der Waals surface area (Å²) in [6, 6.07) is 3.68. The SMILES string of the molecule is CC(C)(C)OC(=O)C/N=C\c1cccnc1.Cl. The first-order chi connectivity index (χ1) is 7.47. The number of halogens is 1. The van der Waals surface area contributed by atoms with E-state index in [1.165, 1.54) is 0 Å². The highest BCUT2D eigenvalue weighted by Crippen LogP contribution is 2.06. The summed E-state index contributed by atoms with van der Waals surface area (Å²) in [5, 5.41) is 0. The third-order valence-electron chi connectivity index (χ3n) is 1.57. The molecular weight excluding hydrogens is 240 g/mol. The summed E-state index contributed by atoms with van der Waals surface area (Å²) in [6.45, 7) is 5.52.